The van der Waals surface area contributed by atoms with E-state index in [1.54, 1.807) is 23.9 Å². The number of carbonyl (C=O) groups is 1. The van der Waals surface area contributed by atoms with Crippen molar-refractivity contribution in [1.82, 2.24) is 14.8 Å². The van der Waals surface area contributed by atoms with E-state index in [0.29, 0.717) is 11.0 Å². The quantitative estimate of drug-likeness (QED) is 0.865. The van der Waals surface area contributed by atoms with Crippen molar-refractivity contribution in [2.75, 3.05) is 7.11 Å². The number of esters is 1. The number of aliphatic hydroxyl groups is 1. The van der Waals surface area contributed by atoms with Crippen LogP contribution in [0, 0.1) is 5.92 Å². The summed E-state index contributed by atoms with van der Waals surface area (Å²) in [6.07, 6.45) is 6.20. The predicted octanol–water partition coefficient (Wildman–Crippen LogP) is 3.05. The van der Waals surface area contributed by atoms with E-state index in [2.05, 4.69) is 36.1 Å². The van der Waals surface area contributed by atoms with Gasteiger partial charge in [0.05, 0.1) is 24.6 Å². The highest BCUT2D eigenvalue weighted by Gasteiger charge is 2.30. The third kappa shape index (κ3) is 2.98. The number of ether oxygens (including phenoxy) is 1. The molecule has 0 amide bonds. The Bertz CT molecular complexity index is 864. The number of aromatic nitrogens is 3. The van der Waals surface area contributed by atoms with Crippen molar-refractivity contribution in [3.63, 3.8) is 0 Å². The molecular weight excluding hydrogens is 318 g/mol. The fourth-order valence-corrected chi connectivity index (χ4v) is 3.39. The lowest BCUT2D eigenvalue weighted by Gasteiger charge is -2.30. The zero-order valence-corrected chi connectivity index (χ0v) is 14.9. The molecule has 2 aromatic rings. The first-order chi connectivity index (χ1) is 12.0. The molecule has 25 heavy (non-hydrogen) atoms. The van der Waals surface area contributed by atoms with E-state index in [0.717, 1.165) is 17.6 Å². The molecule has 132 valence electrons. The molecule has 6 heteroatoms. The Kier molecular flexibility index (Phi) is 4.72. The van der Waals surface area contributed by atoms with Gasteiger partial charge in [-0.25, -0.2) is 14.5 Å². The van der Waals surface area contributed by atoms with Crippen LogP contribution >= 0.6 is 0 Å². The maximum Gasteiger partial charge on any atom is 0.359 e. The van der Waals surface area contributed by atoms with Crippen LogP contribution in [-0.2, 0) is 4.74 Å². The second-order valence-electron chi connectivity index (χ2n) is 6.35. The summed E-state index contributed by atoms with van der Waals surface area (Å²) in [5.74, 6) is -0.447. The van der Waals surface area contributed by atoms with Gasteiger partial charge in [0.2, 0.25) is 0 Å². The number of hydrogen-bond acceptors (Lipinski definition) is 5. The molecule has 1 N–H and O–H groups in total. The molecule has 2 heterocycles. The Balaban J connectivity index is 2.17. The largest absolute Gasteiger partial charge is 0.464 e. The number of hydrogen-bond donors (Lipinski definition) is 1. The van der Waals surface area contributed by atoms with E-state index >= 15 is 0 Å². The first-order valence-corrected chi connectivity index (χ1v) is 8.49. The molecule has 1 aliphatic rings. The monoisotopic (exact) mass is 341 g/mol. The van der Waals surface area contributed by atoms with Crippen molar-refractivity contribution in [2.24, 2.45) is 5.92 Å². The zero-order chi connectivity index (χ0) is 18.1. The molecule has 0 fully saturated rings. The summed E-state index contributed by atoms with van der Waals surface area (Å²) in [4.78, 5) is 16.5. The van der Waals surface area contributed by atoms with E-state index in [1.807, 2.05) is 6.07 Å². The fraction of sp³-hybridized carbons (Fsp3) is 0.421. The molecule has 0 saturated carbocycles. The van der Waals surface area contributed by atoms with Crippen molar-refractivity contribution in [2.45, 2.75) is 39.3 Å². The van der Waals surface area contributed by atoms with Gasteiger partial charge in [-0.1, -0.05) is 31.6 Å². The first kappa shape index (κ1) is 17.4. The lowest BCUT2D eigenvalue weighted by atomic mass is 9.83. The highest BCUT2D eigenvalue weighted by molar-refractivity contribution is 6.01. The Labute approximate surface area is 146 Å². The van der Waals surface area contributed by atoms with E-state index in [-0.39, 0.29) is 17.7 Å². The van der Waals surface area contributed by atoms with Gasteiger partial charge in [-0.3, -0.25) is 0 Å². The van der Waals surface area contributed by atoms with Crippen molar-refractivity contribution < 1.29 is 14.6 Å². The number of pyridine rings is 1. The van der Waals surface area contributed by atoms with E-state index < -0.39 is 12.1 Å². The zero-order valence-electron chi connectivity index (χ0n) is 14.9. The molecule has 0 bridgehead atoms. The summed E-state index contributed by atoms with van der Waals surface area (Å²) in [6.45, 7) is 5.91. The second kappa shape index (κ2) is 6.80. The minimum Gasteiger partial charge on any atom is -0.464 e. The first-order valence-electron chi connectivity index (χ1n) is 8.49. The number of fused-ring (bicyclic) bond motifs is 1. The summed E-state index contributed by atoms with van der Waals surface area (Å²) >= 11 is 0. The number of aliphatic hydroxyl groups excluding tert-OH is 1. The molecular formula is C19H23N3O3. The molecule has 3 atom stereocenters. The smallest absolute Gasteiger partial charge is 0.359 e. The van der Waals surface area contributed by atoms with Gasteiger partial charge >= 0.3 is 5.97 Å². The van der Waals surface area contributed by atoms with Gasteiger partial charge in [0.1, 0.15) is 0 Å². The molecule has 3 rings (SSSR count). The summed E-state index contributed by atoms with van der Waals surface area (Å²) in [5, 5.41) is 15.3. The summed E-state index contributed by atoms with van der Waals surface area (Å²) in [6, 6.07) is 3.47. The Morgan fingerprint density at radius 3 is 2.88 bits per heavy atom. The van der Waals surface area contributed by atoms with Crippen molar-refractivity contribution in [1.29, 1.82) is 0 Å². The van der Waals surface area contributed by atoms with Gasteiger partial charge in [-0.2, -0.15) is 5.10 Å². The lowest BCUT2D eigenvalue weighted by Crippen LogP contribution is -2.26. The molecule has 2 aromatic heterocycles. The Morgan fingerprint density at radius 2 is 2.24 bits per heavy atom. The van der Waals surface area contributed by atoms with Gasteiger partial charge in [-0.05, 0) is 31.1 Å². The van der Waals surface area contributed by atoms with E-state index in [4.69, 9.17) is 4.74 Å². The number of rotatable bonds is 4. The summed E-state index contributed by atoms with van der Waals surface area (Å²) < 4.78 is 6.64. The van der Waals surface area contributed by atoms with Crippen LogP contribution in [0.2, 0.25) is 0 Å². The molecule has 0 spiro atoms. The molecule has 6 nitrogen and oxygen atoms in total. The fourth-order valence-electron chi connectivity index (χ4n) is 3.39. The average molecular weight is 341 g/mol. The molecule has 0 aromatic carbocycles. The molecule has 0 saturated heterocycles. The van der Waals surface area contributed by atoms with Crippen LogP contribution in [0.25, 0.3) is 11.0 Å². The van der Waals surface area contributed by atoms with Crippen molar-refractivity contribution in [3.05, 3.63) is 47.3 Å². The van der Waals surface area contributed by atoms with E-state index in [1.165, 1.54) is 7.11 Å². The minimum absolute atomic E-state index is 0.0332. The predicted molar refractivity (Wildman–Crippen MR) is 95.2 cm³/mol. The van der Waals surface area contributed by atoms with Gasteiger partial charge in [-0.15, -0.1) is 0 Å². The SMILES string of the molecule is CCC1=CC(n2nc(C(=O)OC)c3cccnc32)C(C)C(C(C)O)=C1. The number of carbonyl (C=O) groups excluding carboxylic acids is 1. The van der Waals surface area contributed by atoms with Crippen molar-refractivity contribution in [3.8, 4) is 0 Å². The van der Waals surface area contributed by atoms with Crippen LogP contribution in [0.5, 0.6) is 0 Å². The van der Waals surface area contributed by atoms with Crippen LogP contribution in [-0.4, -0.2) is 39.1 Å². The topological polar surface area (TPSA) is 77.2 Å². The Hall–Kier alpha value is -2.47. The third-order valence-electron chi connectivity index (χ3n) is 4.79. The average Bonchev–Trinajstić information content (AvgIpc) is 3.00. The van der Waals surface area contributed by atoms with Crippen LogP contribution in [0.1, 0.15) is 43.7 Å². The molecule has 3 unspecified atom stereocenters. The maximum atomic E-state index is 12.1. The molecule has 0 aliphatic heterocycles. The summed E-state index contributed by atoms with van der Waals surface area (Å²) in [7, 11) is 1.34. The second-order valence-corrected chi connectivity index (χ2v) is 6.35. The van der Waals surface area contributed by atoms with Crippen LogP contribution in [0.3, 0.4) is 0 Å². The molecule has 0 radical (unpaired) electrons. The number of allylic oxidation sites excluding steroid dienone is 3. The van der Waals surface area contributed by atoms with Gasteiger partial charge < -0.3 is 9.84 Å². The molecule has 1 aliphatic carbocycles. The van der Waals surface area contributed by atoms with Crippen LogP contribution in [0.15, 0.2) is 41.6 Å². The van der Waals surface area contributed by atoms with Gasteiger partial charge in [0.15, 0.2) is 11.3 Å². The third-order valence-corrected chi connectivity index (χ3v) is 4.79. The summed E-state index contributed by atoms with van der Waals surface area (Å²) in [5.41, 5.74) is 3.00. The van der Waals surface area contributed by atoms with Crippen molar-refractivity contribution >= 4 is 17.0 Å². The van der Waals surface area contributed by atoms with Gasteiger partial charge in [0, 0.05) is 12.1 Å². The maximum absolute atomic E-state index is 12.1. The highest BCUT2D eigenvalue weighted by atomic mass is 16.5. The number of nitrogens with zero attached hydrogens (tertiary/aromatic N) is 3. The number of methoxy groups -OCH3 is 1. The highest BCUT2D eigenvalue weighted by Crippen LogP contribution is 2.36. The lowest BCUT2D eigenvalue weighted by molar-refractivity contribution is 0.0594. The normalized spacial score (nSPS) is 21.6. The van der Waals surface area contributed by atoms with Crippen LogP contribution < -0.4 is 0 Å². The van der Waals surface area contributed by atoms with E-state index in [9.17, 15) is 9.90 Å². The van der Waals surface area contributed by atoms with Crippen LogP contribution in [0.4, 0.5) is 0 Å². The minimum atomic E-state index is -0.539. The Morgan fingerprint density at radius 1 is 1.48 bits per heavy atom. The standard InChI is InChI=1S/C19H23N3O3/c1-5-13-9-15(12(3)23)11(2)16(10-13)22-18-14(7-6-8-20-18)17(21-22)19(24)25-4/h6-12,16,23H,5H2,1-4H3. The van der Waals surface area contributed by atoms with Gasteiger partial charge in [0.25, 0.3) is 0 Å².